The molecule has 0 unspecified atom stereocenters. The third-order valence-electron chi connectivity index (χ3n) is 2.39. The molecule has 0 saturated heterocycles. The lowest BCUT2D eigenvalue weighted by atomic mass is 10.3. The number of carboxylic acids is 1. The molecule has 0 aliphatic heterocycles. The number of hydrogen-bond donors (Lipinski definition) is 1. The minimum Gasteiger partial charge on any atom is -0.478 e. The Kier molecular flexibility index (Phi) is 4.21. The van der Waals surface area contributed by atoms with Gasteiger partial charge in [-0.2, -0.15) is 0 Å². The highest BCUT2D eigenvalue weighted by Gasteiger charge is 2.11. The Morgan fingerprint density at radius 1 is 1.58 bits per heavy atom. The van der Waals surface area contributed by atoms with Crippen LogP contribution in [0.1, 0.15) is 12.8 Å². The van der Waals surface area contributed by atoms with Gasteiger partial charge < -0.3 is 14.3 Å². The third-order valence-corrected chi connectivity index (χ3v) is 2.94. The monoisotopic (exact) mass is 325 g/mol. The van der Waals surface area contributed by atoms with Gasteiger partial charge in [-0.25, -0.2) is 9.78 Å². The number of alkyl halides is 1. The van der Waals surface area contributed by atoms with Gasteiger partial charge in [-0.05, 0) is 12.1 Å². The predicted molar refractivity (Wildman–Crippen MR) is 73.5 cm³/mol. The maximum absolute atomic E-state index is 10.7. The fourth-order valence-corrected chi connectivity index (χ4v) is 1.85. The highest BCUT2D eigenvalue weighted by Crippen LogP contribution is 2.27. The number of rotatable bonds is 5. The van der Waals surface area contributed by atoms with Crippen molar-refractivity contribution in [3.63, 3.8) is 0 Å². The maximum Gasteiger partial charge on any atom is 0.331 e. The van der Waals surface area contributed by atoms with Crippen molar-refractivity contribution in [2.24, 2.45) is 0 Å². The average molecular weight is 326 g/mol. The van der Waals surface area contributed by atoms with Gasteiger partial charge in [0.2, 0.25) is 0 Å². The van der Waals surface area contributed by atoms with Crippen LogP contribution in [-0.2, 0) is 11.2 Å². The molecule has 6 heteroatoms. The van der Waals surface area contributed by atoms with Crippen LogP contribution < -0.4 is 4.74 Å². The second kappa shape index (κ2) is 5.88. The van der Waals surface area contributed by atoms with Gasteiger partial charge in [0, 0.05) is 6.42 Å². The lowest BCUT2D eigenvalue weighted by Gasteiger charge is -2.06. The Balaban J connectivity index is 2.39. The first-order valence-electron chi connectivity index (χ1n) is 5.69. The Morgan fingerprint density at radius 2 is 2.37 bits per heavy atom. The Bertz CT molecular complexity index is 633. The largest absolute Gasteiger partial charge is 0.478 e. The maximum atomic E-state index is 10.7. The predicted octanol–water partition coefficient (Wildman–Crippen LogP) is 3.13. The molecule has 100 valence electrons. The van der Waals surface area contributed by atoms with Crippen molar-refractivity contribution < 1.29 is 19.1 Å². The summed E-state index contributed by atoms with van der Waals surface area (Å²) in [5.74, 6) is 0.332. The van der Waals surface area contributed by atoms with Crippen LogP contribution in [0.4, 0.5) is 0 Å². The first kappa shape index (κ1) is 13.6. The second-order valence-corrected chi connectivity index (χ2v) is 4.31. The number of halogens is 1. The van der Waals surface area contributed by atoms with Crippen molar-refractivity contribution in [1.29, 1.82) is 0 Å². The summed E-state index contributed by atoms with van der Waals surface area (Å²) in [6.07, 6.45) is 1.69. The van der Waals surface area contributed by atoms with E-state index < -0.39 is 5.97 Å². The van der Waals surface area contributed by atoms with E-state index in [1.165, 1.54) is 0 Å². The third kappa shape index (κ3) is 3.14. The highest BCUT2D eigenvalue weighted by atomic mass is 79.9. The summed E-state index contributed by atoms with van der Waals surface area (Å²) in [5, 5.41) is 9.04. The van der Waals surface area contributed by atoms with Gasteiger partial charge in [0.25, 0.3) is 0 Å². The SMILES string of the molecule is CCc1nc2c(O/C(=C/C(=O)O)CBr)cccc2o1. The zero-order chi connectivity index (χ0) is 13.8. The number of hydrogen-bond acceptors (Lipinski definition) is 4. The summed E-state index contributed by atoms with van der Waals surface area (Å²) in [4.78, 5) is 15.0. The number of allylic oxidation sites excluding steroid dienone is 1. The number of benzene rings is 1. The van der Waals surface area contributed by atoms with Crippen LogP contribution in [0.3, 0.4) is 0 Å². The molecule has 2 aromatic rings. The van der Waals surface area contributed by atoms with Crippen LogP contribution in [0.25, 0.3) is 11.1 Å². The van der Waals surface area contributed by atoms with Crippen molar-refractivity contribution in [1.82, 2.24) is 4.98 Å². The number of oxazole rings is 1. The van der Waals surface area contributed by atoms with Crippen LogP contribution in [0.2, 0.25) is 0 Å². The van der Waals surface area contributed by atoms with E-state index in [0.717, 1.165) is 6.08 Å². The van der Waals surface area contributed by atoms with Crippen LogP contribution in [0.15, 0.2) is 34.5 Å². The summed E-state index contributed by atoms with van der Waals surface area (Å²) in [6.45, 7) is 1.94. The summed E-state index contributed by atoms with van der Waals surface area (Å²) in [5.41, 5.74) is 1.22. The molecule has 0 spiro atoms. The number of aliphatic carboxylic acids is 1. The number of fused-ring (bicyclic) bond motifs is 1. The standard InChI is InChI=1S/C13H12BrNO4/c1-2-11-15-13-9(4-3-5-10(13)19-11)18-8(7-14)6-12(16)17/h3-6H,2,7H2,1H3,(H,16,17)/b8-6+. The second-order valence-electron chi connectivity index (χ2n) is 3.75. The van der Waals surface area contributed by atoms with Crippen molar-refractivity contribution in [2.75, 3.05) is 5.33 Å². The molecule has 2 rings (SSSR count). The molecule has 1 N–H and O–H groups in total. The molecule has 5 nitrogen and oxygen atoms in total. The van der Waals surface area contributed by atoms with E-state index >= 15 is 0 Å². The van der Waals surface area contributed by atoms with Crippen molar-refractivity contribution >= 4 is 33.0 Å². The molecule has 0 bridgehead atoms. The number of aryl methyl sites for hydroxylation is 1. The van der Waals surface area contributed by atoms with Crippen molar-refractivity contribution in [2.45, 2.75) is 13.3 Å². The summed E-state index contributed by atoms with van der Waals surface area (Å²) >= 11 is 3.18. The molecular weight excluding hydrogens is 314 g/mol. The summed E-state index contributed by atoms with van der Waals surface area (Å²) < 4.78 is 11.1. The average Bonchev–Trinajstić information content (AvgIpc) is 2.81. The number of nitrogens with zero attached hydrogens (tertiary/aromatic N) is 1. The zero-order valence-corrected chi connectivity index (χ0v) is 11.8. The fourth-order valence-electron chi connectivity index (χ4n) is 1.58. The van der Waals surface area contributed by atoms with Crippen LogP contribution in [0.5, 0.6) is 5.75 Å². The van der Waals surface area contributed by atoms with Gasteiger partial charge in [0.05, 0.1) is 11.4 Å². The molecule has 19 heavy (non-hydrogen) atoms. The van der Waals surface area contributed by atoms with Crippen LogP contribution >= 0.6 is 15.9 Å². The molecule has 0 amide bonds. The van der Waals surface area contributed by atoms with E-state index in [9.17, 15) is 4.79 Å². The molecular formula is C13H12BrNO4. The Morgan fingerprint density at radius 3 is 3.00 bits per heavy atom. The van der Waals surface area contributed by atoms with Crippen LogP contribution in [0, 0.1) is 0 Å². The van der Waals surface area contributed by atoms with E-state index in [4.69, 9.17) is 14.3 Å². The quantitative estimate of drug-likeness (QED) is 0.519. The molecule has 0 fully saturated rings. The highest BCUT2D eigenvalue weighted by molar-refractivity contribution is 9.09. The molecule has 0 radical (unpaired) electrons. The van der Waals surface area contributed by atoms with Gasteiger partial charge in [-0.1, -0.05) is 28.9 Å². The lowest BCUT2D eigenvalue weighted by molar-refractivity contribution is -0.131. The van der Waals surface area contributed by atoms with Crippen LogP contribution in [-0.4, -0.2) is 21.4 Å². The van der Waals surface area contributed by atoms with Gasteiger partial charge in [0.1, 0.15) is 5.76 Å². The normalized spacial score (nSPS) is 11.8. The number of para-hydroxylation sites is 1. The van der Waals surface area contributed by atoms with Crippen molar-refractivity contribution in [3.05, 3.63) is 35.9 Å². The first-order valence-corrected chi connectivity index (χ1v) is 6.82. The number of aromatic nitrogens is 1. The Hall–Kier alpha value is -1.82. The van der Waals surface area contributed by atoms with E-state index in [1.807, 2.05) is 6.92 Å². The molecule has 1 aromatic heterocycles. The molecule has 0 saturated carbocycles. The van der Waals surface area contributed by atoms with Gasteiger partial charge in [-0.3, -0.25) is 0 Å². The van der Waals surface area contributed by atoms with E-state index in [-0.39, 0.29) is 0 Å². The van der Waals surface area contributed by atoms with Gasteiger partial charge in [-0.15, -0.1) is 0 Å². The minimum absolute atomic E-state index is 0.293. The lowest BCUT2D eigenvalue weighted by Crippen LogP contribution is -2.01. The summed E-state index contributed by atoms with van der Waals surface area (Å²) in [7, 11) is 0. The minimum atomic E-state index is -1.06. The fraction of sp³-hybridized carbons (Fsp3) is 0.231. The van der Waals surface area contributed by atoms with Crippen molar-refractivity contribution in [3.8, 4) is 5.75 Å². The molecule has 1 aromatic carbocycles. The Labute approximate surface area is 118 Å². The number of carboxylic acid groups (broad SMARTS) is 1. The number of ether oxygens (including phenoxy) is 1. The molecule has 0 atom stereocenters. The topological polar surface area (TPSA) is 72.6 Å². The van der Waals surface area contributed by atoms with E-state index in [1.54, 1.807) is 18.2 Å². The first-order chi connectivity index (χ1) is 9.13. The molecule has 1 heterocycles. The van der Waals surface area contributed by atoms with E-state index in [0.29, 0.717) is 40.3 Å². The molecule has 0 aliphatic carbocycles. The van der Waals surface area contributed by atoms with Gasteiger partial charge >= 0.3 is 5.97 Å². The molecule has 0 aliphatic rings. The van der Waals surface area contributed by atoms with Gasteiger partial charge in [0.15, 0.2) is 22.7 Å². The summed E-state index contributed by atoms with van der Waals surface area (Å²) in [6, 6.07) is 5.29. The smallest absolute Gasteiger partial charge is 0.331 e. The van der Waals surface area contributed by atoms with E-state index in [2.05, 4.69) is 20.9 Å². The number of carbonyl (C=O) groups is 1. The zero-order valence-electron chi connectivity index (χ0n) is 10.2.